The van der Waals surface area contributed by atoms with E-state index in [9.17, 15) is 18.0 Å². The molecule has 0 amide bonds. The second kappa shape index (κ2) is 6.30. The van der Waals surface area contributed by atoms with Gasteiger partial charge in [-0.15, -0.1) is 0 Å². The van der Waals surface area contributed by atoms with E-state index in [0.717, 1.165) is 0 Å². The zero-order valence-corrected chi connectivity index (χ0v) is 12.5. The van der Waals surface area contributed by atoms with Crippen molar-refractivity contribution in [1.29, 1.82) is 0 Å². The van der Waals surface area contributed by atoms with Crippen LogP contribution in [0.3, 0.4) is 0 Å². The van der Waals surface area contributed by atoms with Gasteiger partial charge in [0.1, 0.15) is 23.2 Å². The molecule has 0 radical (unpaired) electrons. The fourth-order valence-corrected chi connectivity index (χ4v) is 2.49. The molecule has 2 nitrogen and oxygen atoms in total. The molecule has 0 fully saturated rings. The lowest BCUT2D eigenvalue weighted by Crippen LogP contribution is -2.10. The molecule has 0 unspecified atom stereocenters. The van der Waals surface area contributed by atoms with E-state index in [-0.39, 0.29) is 6.42 Å². The first-order valence-electron chi connectivity index (χ1n) is 5.92. The minimum atomic E-state index is -1.20. The largest absolute Gasteiger partial charge is 0.496 e. The summed E-state index contributed by atoms with van der Waals surface area (Å²) in [4.78, 5) is 12.0. The van der Waals surface area contributed by atoms with Crippen LogP contribution in [0.4, 0.5) is 13.2 Å². The number of hydrogen-bond acceptors (Lipinski definition) is 2. The van der Waals surface area contributed by atoms with Gasteiger partial charge >= 0.3 is 0 Å². The minimum Gasteiger partial charge on any atom is -0.496 e. The Morgan fingerprint density at radius 1 is 1.14 bits per heavy atom. The van der Waals surface area contributed by atoms with Gasteiger partial charge in [-0.25, -0.2) is 13.2 Å². The normalized spacial score (nSPS) is 10.5. The summed E-state index contributed by atoms with van der Waals surface area (Å²) in [6.07, 6.45) is -0.206. The molecule has 0 spiro atoms. The molecule has 0 heterocycles. The highest BCUT2D eigenvalue weighted by molar-refractivity contribution is 9.10. The van der Waals surface area contributed by atoms with Crippen molar-refractivity contribution in [2.45, 2.75) is 6.42 Å². The molecular weight excluding hydrogens is 349 g/mol. The third-order valence-corrected chi connectivity index (χ3v) is 3.49. The van der Waals surface area contributed by atoms with E-state index in [1.165, 1.54) is 7.11 Å². The number of halogens is 4. The highest BCUT2D eigenvalue weighted by atomic mass is 79.9. The molecule has 2 aromatic rings. The quantitative estimate of drug-likeness (QED) is 0.761. The summed E-state index contributed by atoms with van der Waals surface area (Å²) >= 11 is 3.26. The number of hydrogen-bond donors (Lipinski definition) is 0. The van der Waals surface area contributed by atoms with Crippen molar-refractivity contribution in [3.63, 3.8) is 0 Å². The number of methoxy groups -OCH3 is 1. The minimum absolute atomic E-state index is 0.206. The van der Waals surface area contributed by atoms with Crippen molar-refractivity contribution in [2.24, 2.45) is 0 Å². The van der Waals surface area contributed by atoms with Gasteiger partial charge in [0.15, 0.2) is 5.78 Å². The average Bonchev–Trinajstić information content (AvgIpc) is 2.37. The zero-order chi connectivity index (χ0) is 15.6. The number of rotatable bonds is 4. The van der Waals surface area contributed by atoms with E-state index in [0.29, 0.717) is 27.9 Å². The van der Waals surface area contributed by atoms with Gasteiger partial charge in [-0.3, -0.25) is 4.79 Å². The third kappa shape index (κ3) is 3.44. The Morgan fingerprint density at radius 3 is 2.29 bits per heavy atom. The number of carbonyl (C=O) groups is 1. The number of carbonyl (C=O) groups excluding carboxylic acids is 1. The molecule has 0 aliphatic carbocycles. The molecule has 0 aliphatic rings. The molecule has 2 aromatic carbocycles. The van der Waals surface area contributed by atoms with E-state index >= 15 is 0 Å². The van der Waals surface area contributed by atoms with Crippen LogP contribution in [0.1, 0.15) is 15.9 Å². The van der Waals surface area contributed by atoms with E-state index < -0.39 is 28.8 Å². The van der Waals surface area contributed by atoms with Crippen molar-refractivity contribution in [3.05, 3.63) is 63.4 Å². The number of ether oxygens (including phenoxy) is 1. The summed E-state index contributed by atoms with van der Waals surface area (Å²) < 4.78 is 45.6. The zero-order valence-electron chi connectivity index (χ0n) is 10.9. The van der Waals surface area contributed by atoms with Gasteiger partial charge in [0.2, 0.25) is 0 Å². The monoisotopic (exact) mass is 358 g/mol. The van der Waals surface area contributed by atoms with Crippen LogP contribution in [0.15, 0.2) is 34.8 Å². The molecule has 0 N–H and O–H groups in total. The summed E-state index contributed by atoms with van der Waals surface area (Å²) in [6, 6.07) is 5.83. The molecule has 0 aliphatic heterocycles. The molecule has 0 saturated heterocycles. The van der Waals surface area contributed by atoms with Crippen molar-refractivity contribution >= 4 is 21.7 Å². The predicted molar refractivity (Wildman–Crippen MR) is 75.0 cm³/mol. The maximum absolute atomic E-state index is 13.5. The van der Waals surface area contributed by atoms with Crippen LogP contribution in [0.5, 0.6) is 5.75 Å². The first-order valence-corrected chi connectivity index (χ1v) is 6.72. The van der Waals surface area contributed by atoms with E-state index in [2.05, 4.69) is 15.9 Å². The highest BCUT2D eigenvalue weighted by Crippen LogP contribution is 2.26. The molecule has 0 aromatic heterocycles. The Hall–Kier alpha value is -1.82. The third-order valence-electron chi connectivity index (χ3n) is 2.87. The number of Topliss-reactive ketones (excluding diaryl/α,β-unsaturated/α-hetero) is 1. The van der Waals surface area contributed by atoms with Crippen molar-refractivity contribution in [3.8, 4) is 5.75 Å². The Kier molecular flexibility index (Phi) is 4.67. The van der Waals surface area contributed by atoms with Crippen molar-refractivity contribution in [2.75, 3.05) is 7.11 Å². The summed E-state index contributed by atoms with van der Waals surface area (Å²) in [5.41, 5.74) is -0.181. The number of benzene rings is 2. The van der Waals surface area contributed by atoms with Crippen molar-refractivity contribution < 1.29 is 22.7 Å². The summed E-state index contributed by atoms with van der Waals surface area (Å²) in [5.74, 6) is -3.66. The Morgan fingerprint density at radius 2 is 1.76 bits per heavy atom. The Labute approximate surface area is 127 Å². The van der Waals surface area contributed by atoms with Crippen LogP contribution >= 0.6 is 15.9 Å². The molecular formula is C15H10BrF3O2. The van der Waals surface area contributed by atoms with Crippen LogP contribution in [0.25, 0.3) is 0 Å². The Balaban J connectivity index is 2.28. The second-order valence-corrected chi connectivity index (χ2v) is 5.17. The van der Waals surface area contributed by atoms with Gasteiger partial charge in [0, 0.05) is 18.6 Å². The van der Waals surface area contributed by atoms with Crippen LogP contribution in [0.2, 0.25) is 0 Å². The van der Waals surface area contributed by atoms with Gasteiger partial charge in [0.25, 0.3) is 0 Å². The first kappa shape index (κ1) is 15.6. The SMILES string of the molecule is COc1ccc(CC(=O)c2c(F)cc(F)cc2F)cc1Br. The summed E-state index contributed by atoms with van der Waals surface area (Å²) in [7, 11) is 1.49. The maximum atomic E-state index is 13.5. The fourth-order valence-electron chi connectivity index (χ4n) is 1.90. The van der Waals surface area contributed by atoms with E-state index in [4.69, 9.17) is 4.74 Å². The fraction of sp³-hybridized carbons (Fsp3) is 0.133. The maximum Gasteiger partial charge on any atom is 0.173 e. The highest BCUT2D eigenvalue weighted by Gasteiger charge is 2.19. The van der Waals surface area contributed by atoms with Crippen LogP contribution in [0, 0.1) is 17.5 Å². The van der Waals surface area contributed by atoms with Gasteiger partial charge in [0.05, 0.1) is 17.1 Å². The summed E-state index contributed by atoms with van der Waals surface area (Å²) in [6.45, 7) is 0. The molecule has 0 saturated carbocycles. The first-order chi connectivity index (χ1) is 9.92. The molecule has 21 heavy (non-hydrogen) atoms. The standard InChI is InChI=1S/C15H10BrF3O2/c1-21-14-3-2-8(4-10(14)16)5-13(20)15-11(18)6-9(17)7-12(15)19/h2-4,6-7H,5H2,1H3. The second-order valence-electron chi connectivity index (χ2n) is 4.31. The molecule has 0 bridgehead atoms. The van der Waals surface area contributed by atoms with Crippen LogP contribution in [-0.4, -0.2) is 12.9 Å². The van der Waals surface area contributed by atoms with Crippen LogP contribution < -0.4 is 4.74 Å². The van der Waals surface area contributed by atoms with E-state index in [1.54, 1.807) is 18.2 Å². The lowest BCUT2D eigenvalue weighted by Gasteiger charge is -2.07. The average molecular weight is 359 g/mol. The van der Waals surface area contributed by atoms with Crippen LogP contribution in [-0.2, 0) is 6.42 Å². The van der Waals surface area contributed by atoms with Gasteiger partial charge in [-0.1, -0.05) is 6.07 Å². The smallest absolute Gasteiger partial charge is 0.173 e. The predicted octanol–water partition coefficient (Wildman–Crippen LogP) is 4.30. The number of ketones is 1. The summed E-state index contributed by atoms with van der Waals surface area (Å²) in [5, 5.41) is 0. The topological polar surface area (TPSA) is 26.3 Å². The molecule has 110 valence electrons. The lowest BCUT2D eigenvalue weighted by molar-refractivity contribution is 0.0984. The Bertz CT molecular complexity index is 678. The van der Waals surface area contributed by atoms with Gasteiger partial charge in [-0.05, 0) is 33.6 Å². The van der Waals surface area contributed by atoms with Gasteiger partial charge in [-0.2, -0.15) is 0 Å². The van der Waals surface area contributed by atoms with Gasteiger partial charge < -0.3 is 4.74 Å². The van der Waals surface area contributed by atoms with Crippen molar-refractivity contribution in [1.82, 2.24) is 0 Å². The molecule has 0 atom stereocenters. The molecule has 6 heteroatoms. The lowest BCUT2D eigenvalue weighted by atomic mass is 10.0. The van der Waals surface area contributed by atoms with E-state index in [1.807, 2.05) is 0 Å². The molecule has 2 rings (SSSR count).